The molecule has 26 heavy (non-hydrogen) atoms. The van der Waals surface area contributed by atoms with Crippen LogP contribution >= 0.6 is 0 Å². The van der Waals surface area contributed by atoms with Crippen molar-refractivity contribution in [1.29, 1.82) is 0 Å². The molecule has 2 amide bonds. The van der Waals surface area contributed by atoms with Gasteiger partial charge in [0.15, 0.2) is 0 Å². The fraction of sp³-hybridized carbons (Fsp3) is 0.619. The van der Waals surface area contributed by atoms with Crippen LogP contribution in [0.2, 0.25) is 0 Å². The van der Waals surface area contributed by atoms with Crippen molar-refractivity contribution in [2.45, 2.75) is 38.1 Å². The van der Waals surface area contributed by atoms with Crippen LogP contribution in [-0.4, -0.2) is 73.3 Å². The Bertz CT molecular complexity index is 636. The first-order chi connectivity index (χ1) is 12.4. The number of likely N-dealkylation sites (N-methyl/N-ethyl adjacent to an activating group) is 1. The van der Waals surface area contributed by atoms with E-state index in [0.717, 1.165) is 45.3 Å². The van der Waals surface area contributed by atoms with Crippen LogP contribution in [0.25, 0.3) is 0 Å². The van der Waals surface area contributed by atoms with Crippen molar-refractivity contribution in [2.75, 3.05) is 40.8 Å². The van der Waals surface area contributed by atoms with E-state index >= 15 is 0 Å². The molecule has 0 radical (unpaired) electrons. The van der Waals surface area contributed by atoms with Gasteiger partial charge in [-0.05, 0) is 50.8 Å². The van der Waals surface area contributed by atoms with Gasteiger partial charge in [0.05, 0.1) is 6.04 Å². The molecule has 2 saturated heterocycles. The van der Waals surface area contributed by atoms with Gasteiger partial charge in [0.1, 0.15) is 0 Å². The van der Waals surface area contributed by atoms with Gasteiger partial charge in [0.2, 0.25) is 11.8 Å². The summed E-state index contributed by atoms with van der Waals surface area (Å²) in [4.78, 5) is 30.9. The monoisotopic (exact) mass is 357 g/mol. The quantitative estimate of drug-likeness (QED) is 0.828. The third-order valence-electron chi connectivity index (χ3n) is 6.18. The third kappa shape index (κ3) is 4.09. The molecule has 5 heteroatoms. The zero-order chi connectivity index (χ0) is 18.7. The maximum atomic E-state index is 13.2. The fourth-order valence-electron chi connectivity index (χ4n) is 4.38. The van der Waals surface area contributed by atoms with Crippen LogP contribution in [0.3, 0.4) is 0 Å². The SMILES string of the molecule is CN1CC2(CCC1=O)CCN(C(=O)[C@H](Cc1ccccc1)N(C)C)CC2. The molecule has 2 heterocycles. The molecule has 0 bridgehead atoms. The van der Waals surface area contributed by atoms with Gasteiger partial charge in [-0.15, -0.1) is 0 Å². The highest BCUT2D eigenvalue weighted by atomic mass is 16.2. The molecular weight excluding hydrogens is 326 g/mol. The maximum absolute atomic E-state index is 13.2. The number of rotatable bonds is 4. The Hall–Kier alpha value is -1.88. The molecule has 2 aliphatic rings. The molecule has 2 aliphatic heterocycles. The Labute approximate surface area is 156 Å². The van der Waals surface area contributed by atoms with Gasteiger partial charge < -0.3 is 9.80 Å². The fourth-order valence-corrected chi connectivity index (χ4v) is 4.38. The lowest BCUT2D eigenvalue weighted by molar-refractivity contribution is -0.143. The minimum absolute atomic E-state index is 0.123. The van der Waals surface area contributed by atoms with E-state index < -0.39 is 0 Å². The number of piperidine rings is 2. The Morgan fingerprint density at radius 2 is 1.81 bits per heavy atom. The first-order valence-electron chi connectivity index (χ1n) is 9.63. The molecule has 1 aromatic rings. The lowest BCUT2D eigenvalue weighted by Crippen LogP contribution is -2.54. The maximum Gasteiger partial charge on any atom is 0.240 e. The number of amides is 2. The zero-order valence-corrected chi connectivity index (χ0v) is 16.3. The highest BCUT2D eigenvalue weighted by molar-refractivity contribution is 5.82. The highest BCUT2D eigenvalue weighted by Gasteiger charge is 2.41. The predicted octanol–water partition coefficient (Wildman–Crippen LogP) is 2.02. The van der Waals surface area contributed by atoms with Crippen LogP contribution in [0.5, 0.6) is 0 Å². The molecule has 2 fully saturated rings. The third-order valence-corrected chi connectivity index (χ3v) is 6.18. The van der Waals surface area contributed by atoms with Gasteiger partial charge in [0.25, 0.3) is 0 Å². The van der Waals surface area contributed by atoms with Crippen molar-refractivity contribution in [3.8, 4) is 0 Å². The van der Waals surface area contributed by atoms with E-state index in [1.807, 2.05) is 54.0 Å². The molecular formula is C21H31N3O2. The van der Waals surface area contributed by atoms with Crippen LogP contribution in [0, 0.1) is 5.41 Å². The number of hydrogen-bond acceptors (Lipinski definition) is 3. The van der Waals surface area contributed by atoms with Gasteiger partial charge in [-0.1, -0.05) is 30.3 Å². The van der Waals surface area contributed by atoms with E-state index in [4.69, 9.17) is 0 Å². The molecule has 3 rings (SSSR count). The van der Waals surface area contributed by atoms with Crippen LogP contribution < -0.4 is 0 Å². The van der Waals surface area contributed by atoms with Crippen LogP contribution in [0.1, 0.15) is 31.2 Å². The van der Waals surface area contributed by atoms with Gasteiger partial charge in [0, 0.05) is 33.1 Å². The molecule has 0 aliphatic carbocycles. The topological polar surface area (TPSA) is 43.9 Å². The molecule has 1 spiro atoms. The van der Waals surface area contributed by atoms with Crippen LogP contribution in [-0.2, 0) is 16.0 Å². The average Bonchev–Trinajstić information content (AvgIpc) is 2.64. The standard InChI is InChI=1S/C21H31N3O2/c1-22(2)18(15-17-7-5-4-6-8-17)20(26)24-13-11-21(12-14-24)10-9-19(25)23(3)16-21/h4-8,18H,9-16H2,1-3H3/t18-/m0/s1. The van der Waals surface area contributed by atoms with Crippen molar-refractivity contribution in [3.05, 3.63) is 35.9 Å². The Kier molecular flexibility index (Phi) is 5.66. The molecule has 1 atom stereocenters. The average molecular weight is 357 g/mol. The summed E-state index contributed by atoms with van der Waals surface area (Å²) in [5.41, 5.74) is 1.41. The summed E-state index contributed by atoms with van der Waals surface area (Å²) in [6, 6.07) is 10.1. The van der Waals surface area contributed by atoms with Gasteiger partial charge in [-0.25, -0.2) is 0 Å². The second-order valence-electron chi connectivity index (χ2n) is 8.24. The number of likely N-dealkylation sites (tertiary alicyclic amines) is 2. The lowest BCUT2D eigenvalue weighted by Gasteiger charge is -2.47. The van der Waals surface area contributed by atoms with E-state index in [2.05, 4.69) is 12.1 Å². The van der Waals surface area contributed by atoms with E-state index in [1.165, 1.54) is 5.56 Å². The van der Waals surface area contributed by atoms with Crippen molar-refractivity contribution in [2.24, 2.45) is 5.41 Å². The first kappa shape index (κ1) is 18.9. The largest absolute Gasteiger partial charge is 0.345 e. The Balaban J connectivity index is 1.62. The Morgan fingerprint density at radius 1 is 1.15 bits per heavy atom. The minimum atomic E-state index is -0.123. The van der Waals surface area contributed by atoms with Crippen molar-refractivity contribution < 1.29 is 9.59 Å². The molecule has 0 N–H and O–H groups in total. The predicted molar refractivity (Wildman–Crippen MR) is 103 cm³/mol. The van der Waals surface area contributed by atoms with Crippen LogP contribution in [0.15, 0.2) is 30.3 Å². The summed E-state index contributed by atoms with van der Waals surface area (Å²) >= 11 is 0. The van der Waals surface area contributed by atoms with E-state index in [0.29, 0.717) is 6.42 Å². The summed E-state index contributed by atoms with van der Waals surface area (Å²) in [6.07, 6.45) is 4.37. The summed E-state index contributed by atoms with van der Waals surface area (Å²) in [5.74, 6) is 0.485. The number of hydrogen-bond donors (Lipinski definition) is 0. The molecule has 0 aromatic heterocycles. The van der Waals surface area contributed by atoms with Crippen molar-refractivity contribution in [3.63, 3.8) is 0 Å². The number of carbonyl (C=O) groups excluding carboxylic acids is 2. The number of nitrogens with zero attached hydrogens (tertiary/aromatic N) is 3. The van der Waals surface area contributed by atoms with E-state index in [1.54, 1.807) is 0 Å². The van der Waals surface area contributed by atoms with Crippen molar-refractivity contribution >= 4 is 11.8 Å². The summed E-state index contributed by atoms with van der Waals surface area (Å²) in [5, 5.41) is 0. The Morgan fingerprint density at radius 3 is 2.38 bits per heavy atom. The van der Waals surface area contributed by atoms with E-state index in [9.17, 15) is 9.59 Å². The van der Waals surface area contributed by atoms with Gasteiger partial charge in [-0.3, -0.25) is 14.5 Å². The molecule has 0 unspecified atom stereocenters. The molecule has 5 nitrogen and oxygen atoms in total. The number of benzene rings is 1. The molecule has 1 aromatic carbocycles. The highest BCUT2D eigenvalue weighted by Crippen LogP contribution is 2.40. The first-order valence-corrected chi connectivity index (χ1v) is 9.63. The lowest BCUT2D eigenvalue weighted by atomic mass is 9.72. The summed E-state index contributed by atoms with van der Waals surface area (Å²) < 4.78 is 0. The van der Waals surface area contributed by atoms with Gasteiger partial charge in [-0.2, -0.15) is 0 Å². The summed E-state index contributed by atoms with van der Waals surface area (Å²) in [7, 11) is 5.88. The summed E-state index contributed by atoms with van der Waals surface area (Å²) in [6.45, 7) is 2.45. The second-order valence-corrected chi connectivity index (χ2v) is 8.24. The van der Waals surface area contributed by atoms with E-state index in [-0.39, 0.29) is 23.3 Å². The second kappa shape index (κ2) is 7.78. The zero-order valence-electron chi connectivity index (χ0n) is 16.3. The number of carbonyl (C=O) groups is 2. The smallest absolute Gasteiger partial charge is 0.240 e. The molecule has 142 valence electrons. The minimum Gasteiger partial charge on any atom is -0.345 e. The molecule has 0 saturated carbocycles. The van der Waals surface area contributed by atoms with Gasteiger partial charge >= 0.3 is 0 Å². The van der Waals surface area contributed by atoms with Crippen LogP contribution in [0.4, 0.5) is 0 Å². The van der Waals surface area contributed by atoms with Crippen molar-refractivity contribution in [1.82, 2.24) is 14.7 Å². The normalized spacial score (nSPS) is 21.3.